The fraction of sp³-hybridized carbons (Fsp3) is 0.250. The predicted octanol–water partition coefficient (Wildman–Crippen LogP) is 2.03. The van der Waals surface area contributed by atoms with E-state index >= 15 is 0 Å². The molecule has 1 amide bonds. The number of ketones is 1. The summed E-state index contributed by atoms with van der Waals surface area (Å²) in [5, 5.41) is 9.38. The Balaban J connectivity index is 2.35. The Hall–Kier alpha value is -3.47. The molecule has 0 unspecified atom stereocenters. The monoisotopic (exact) mass is 446 g/mol. The number of aliphatic carboxylic acids is 1. The van der Waals surface area contributed by atoms with Crippen LogP contribution in [0.1, 0.15) is 28.5 Å². The molecule has 0 spiro atoms. The summed E-state index contributed by atoms with van der Waals surface area (Å²) in [6.45, 7) is 1.21. The molecule has 3 aromatic rings. The molecule has 0 atom stereocenters. The minimum Gasteiger partial charge on any atom is -0.479 e. The molecule has 162 valence electrons. The number of carbonyl (C=O) groups excluding carboxylic acids is 2. The third kappa shape index (κ3) is 4.50. The van der Waals surface area contributed by atoms with Gasteiger partial charge in [-0.25, -0.2) is 14.2 Å². The second kappa shape index (κ2) is 9.13. The first-order valence-corrected chi connectivity index (χ1v) is 10.4. The van der Waals surface area contributed by atoms with Gasteiger partial charge in [0, 0.05) is 12.2 Å². The summed E-state index contributed by atoms with van der Waals surface area (Å²) in [4.78, 5) is 44.2. The van der Waals surface area contributed by atoms with Gasteiger partial charge < -0.3 is 20.1 Å². The van der Waals surface area contributed by atoms with Crippen LogP contribution in [0.15, 0.2) is 29.4 Å². The molecule has 0 aliphatic rings. The van der Waals surface area contributed by atoms with E-state index in [-0.39, 0.29) is 34.2 Å². The molecular weight excluding hydrogens is 427 g/mol. The van der Waals surface area contributed by atoms with Gasteiger partial charge >= 0.3 is 5.97 Å². The number of fused-ring (bicyclic) bond motifs is 1. The lowest BCUT2D eigenvalue weighted by Crippen LogP contribution is -2.24. The van der Waals surface area contributed by atoms with Crippen LogP contribution in [0, 0.1) is 5.82 Å². The molecular formula is C20H19FN4O5S. The zero-order chi connectivity index (χ0) is 22.7. The number of Topliss-reactive ketones (excluding diaryl/α,β-unsaturated/α-hetero) is 1. The molecule has 0 saturated heterocycles. The average molecular weight is 446 g/mol. The highest BCUT2D eigenvalue weighted by molar-refractivity contribution is 7.98. The highest BCUT2D eigenvalue weighted by Gasteiger charge is 2.29. The van der Waals surface area contributed by atoms with Crippen molar-refractivity contribution in [2.45, 2.75) is 25.0 Å². The molecule has 0 bridgehead atoms. The van der Waals surface area contributed by atoms with Crippen LogP contribution in [0.25, 0.3) is 11.0 Å². The molecule has 3 rings (SSSR count). The van der Waals surface area contributed by atoms with Gasteiger partial charge in [0.1, 0.15) is 11.5 Å². The Morgan fingerprint density at radius 3 is 2.61 bits per heavy atom. The number of nitrogens with two attached hydrogens (primary N) is 1. The number of halogens is 1. The summed E-state index contributed by atoms with van der Waals surface area (Å²) in [5.74, 6) is -3.97. The van der Waals surface area contributed by atoms with Crippen molar-refractivity contribution in [1.82, 2.24) is 14.5 Å². The standard InChI is InChI=1S/C20H19FN4O5S/c1-3-12-14(16(28)17(22)29)15-18(25(12)8-10-5-4-6-11(21)7-10)23-20(31-2)24-19(15)30-9-13(26)27/h4-7H,3,8-9H2,1-2H3,(H2,22,29)(H,26,27). The number of carbonyl (C=O) groups is 3. The van der Waals surface area contributed by atoms with Crippen molar-refractivity contribution >= 4 is 40.5 Å². The van der Waals surface area contributed by atoms with Crippen molar-refractivity contribution in [2.24, 2.45) is 5.73 Å². The van der Waals surface area contributed by atoms with E-state index < -0.39 is 30.1 Å². The number of rotatable bonds is 9. The Morgan fingerprint density at radius 2 is 2.03 bits per heavy atom. The van der Waals surface area contributed by atoms with Crippen LogP contribution in [0.2, 0.25) is 0 Å². The lowest BCUT2D eigenvalue weighted by molar-refractivity contribution is -0.139. The first kappa shape index (κ1) is 22.2. The summed E-state index contributed by atoms with van der Waals surface area (Å²) in [6, 6.07) is 5.93. The predicted molar refractivity (Wildman–Crippen MR) is 111 cm³/mol. The number of carboxylic acid groups (broad SMARTS) is 1. The second-order valence-corrected chi connectivity index (χ2v) is 7.25. The number of carboxylic acids is 1. The molecule has 0 aliphatic carbocycles. The number of ether oxygens (including phenoxy) is 1. The van der Waals surface area contributed by atoms with Crippen LogP contribution in [0.3, 0.4) is 0 Å². The second-order valence-electron chi connectivity index (χ2n) is 6.48. The number of thioether (sulfide) groups is 1. The van der Waals surface area contributed by atoms with Crippen LogP contribution < -0.4 is 10.5 Å². The van der Waals surface area contributed by atoms with Gasteiger partial charge in [0.2, 0.25) is 5.88 Å². The quantitative estimate of drug-likeness (QED) is 0.220. The molecule has 11 heteroatoms. The van der Waals surface area contributed by atoms with Crippen LogP contribution in [0.4, 0.5) is 4.39 Å². The van der Waals surface area contributed by atoms with Crippen molar-refractivity contribution in [1.29, 1.82) is 0 Å². The number of nitrogens with zero attached hydrogens (tertiary/aromatic N) is 3. The van der Waals surface area contributed by atoms with Crippen molar-refractivity contribution in [3.63, 3.8) is 0 Å². The van der Waals surface area contributed by atoms with Gasteiger partial charge in [0.15, 0.2) is 11.8 Å². The molecule has 2 aromatic heterocycles. The lowest BCUT2D eigenvalue weighted by atomic mass is 10.1. The summed E-state index contributed by atoms with van der Waals surface area (Å²) < 4.78 is 20.7. The largest absolute Gasteiger partial charge is 0.479 e. The molecule has 31 heavy (non-hydrogen) atoms. The van der Waals surface area contributed by atoms with Crippen molar-refractivity contribution in [3.05, 3.63) is 46.9 Å². The van der Waals surface area contributed by atoms with E-state index in [0.717, 1.165) is 0 Å². The van der Waals surface area contributed by atoms with E-state index in [2.05, 4.69) is 9.97 Å². The van der Waals surface area contributed by atoms with Gasteiger partial charge in [0.05, 0.1) is 10.9 Å². The van der Waals surface area contributed by atoms with Crippen molar-refractivity contribution < 1.29 is 28.6 Å². The molecule has 1 aromatic carbocycles. The Bertz CT molecular complexity index is 1190. The fourth-order valence-electron chi connectivity index (χ4n) is 3.28. The van der Waals surface area contributed by atoms with E-state index in [9.17, 15) is 18.8 Å². The number of hydrogen-bond donors (Lipinski definition) is 2. The maximum absolute atomic E-state index is 13.7. The van der Waals surface area contributed by atoms with E-state index in [1.54, 1.807) is 29.9 Å². The highest BCUT2D eigenvalue weighted by Crippen LogP contribution is 2.34. The Morgan fingerprint density at radius 1 is 1.29 bits per heavy atom. The van der Waals surface area contributed by atoms with E-state index in [1.807, 2.05) is 0 Å². The molecule has 0 aliphatic heterocycles. The fourth-order valence-corrected chi connectivity index (χ4v) is 3.63. The van der Waals surface area contributed by atoms with Crippen LogP contribution in [0.5, 0.6) is 5.88 Å². The van der Waals surface area contributed by atoms with Crippen molar-refractivity contribution in [3.8, 4) is 5.88 Å². The van der Waals surface area contributed by atoms with Gasteiger partial charge in [-0.1, -0.05) is 30.8 Å². The Kier molecular flexibility index (Phi) is 6.54. The number of amides is 1. The number of hydrogen-bond acceptors (Lipinski definition) is 7. The van der Waals surface area contributed by atoms with E-state index in [0.29, 0.717) is 17.7 Å². The topological polar surface area (TPSA) is 137 Å². The third-order valence-corrected chi connectivity index (χ3v) is 5.03. The molecule has 0 saturated carbocycles. The van der Waals surface area contributed by atoms with Crippen LogP contribution in [-0.4, -0.2) is 50.2 Å². The summed E-state index contributed by atoms with van der Waals surface area (Å²) >= 11 is 1.19. The van der Waals surface area contributed by atoms with E-state index in [1.165, 1.54) is 23.9 Å². The first-order chi connectivity index (χ1) is 14.8. The zero-order valence-corrected chi connectivity index (χ0v) is 17.5. The number of primary amides is 1. The first-order valence-electron chi connectivity index (χ1n) is 9.17. The SMILES string of the molecule is CCc1c(C(=O)C(N)=O)c2c(OCC(=O)O)nc(SC)nc2n1Cc1cccc(F)c1. The molecule has 2 heterocycles. The summed E-state index contributed by atoms with van der Waals surface area (Å²) in [6.07, 6.45) is 2.03. The lowest BCUT2D eigenvalue weighted by Gasteiger charge is -2.11. The van der Waals surface area contributed by atoms with Gasteiger partial charge in [0.25, 0.3) is 11.7 Å². The molecule has 3 N–H and O–H groups in total. The van der Waals surface area contributed by atoms with Crippen LogP contribution >= 0.6 is 11.8 Å². The van der Waals surface area contributed by atoms with Gasteiger partial charge in [-0.2, -0.15) is 4.98 Å². The normalized spacial score (nSPS) is 10.9. The highest BCUT2D eigenvalue weighted by atomic mass is 32.2. The maximum Gasteiger partial charge on any atom is 0.341 e. The maximum atomic E-state index is 13.7. The van der Waals surface area contributed by atoms with Gasteiger partial charge in [-0.05, 0) is 30.4 Å². The summed E-state index contributed by atoms with van der Waals surface area (Å²) in [7, 11) is 0. The minimum absolute atomic E-state index is 0.0468. The minimum atomic E-state index is -1.24. The molecule has 9 nitrogen and oxygen atoms in total. The zero-order valence-electron chi connectivity index (χ0n) is 16.7. The smallest absolute Gasteiger partial charge is 0.341 e. The Labute approximate surface area is 180 Å². The molecule has 0 fully saturated rings. The van der Waals surface area contributed by atoms with E-state index in [4.69, 9.17) is 15.6 Å². The summed E-state index contributed by atoms with van der Waals surface area (Å²) in [5.41, 5.74) is 6.50. The molecule has 0 radical (unpaired) electrons. The number of benzene rings is 1. The van der Waals surface area contributed by atoms with Gasteiger partial charge in [-0.3, -0.25) is 9.59 Å². The van der Waals surface area contributed by atoms with Crippen LogP contribution in [-0.2, 0) is 22.6 Å². The van der Waals surface area contributed by atoms with Crippen molar-refractivity contribution in [2.75, 3.05) is 12.9 Å². The number of aromatic nitrogens is 3. The van der Waals surface area contributed by atoms with Gasteiger partial charge in [-0.15, -0.1) is 0 Å². The third-order valence-electron chi connectivity index (χ3n) is 4.49. The average Bonchev–Trinajstić information content (AvgIpc) is 3.04.